The topological polar surface area (TPSA) is 125 Å². The first-order valence-corrected chi connectivity index (χ1v) is 7.80. The van der Waals surface area contributed by atoms with Gasteiger partial charge in [-0.05, 0) is 19.1 Å². The Hall–Kier alpha value is -2.91. The van der Waals surface area contributed by atoms with Gasteiger partial charge in [0.2, 0.25) is 0 Å². The van der Waals surface area contributed by atoms with E-state index in [4.69, 9.17) is 27.9 Å². The highest BCUT2D eigenvalue weighted by atomic mass is 35.5. The largest absolute Gasteiger partial charge is 0.479 e. The second-order valence-corrected chi connectivity index (χ2v) is 5.86. The molecule has 0 aliphatic heterocycles. The van der Waals surface area contributed by atoms with Crippen molar-refractivity contribution < 1.29 is 19.4 Å². The molecule has 26 heavy (non-hydrogen) atoms. The van der Waals surface area contributed by atoms with Gasteiger partial charge in [-0.15, -0.1) is 0 Å². The summed E-state index contributed by atoms with van der Waals surface area (Å²) in [6.45, 7) is 1.44. The van der Waals surface area contributed by atoms with Gasteiger partial charge >= 0.3 is 0 Å². The van der Waals surface area contributed by atoms with Crippen LogP contribution in [0.2, 0.25) is 10.0 Å². The van der Waals surface area contributed by atoms with Crippen LogP contribution in [0.3, 0.4) is 0 Å². The van der Waals surface area contributed by atoms with Crippen molar-refractivity contribution in [1.82, 2.24) is 0 Å². The number of nitro groups is 2. The Morgan fingerprint density at radius 3 is 2.08 bits per heavy atom. The van der Waals surface area contributed by atoms with Crippen LogP contribution in [-0.4, -0.2) is 21.9 Å². The number of ether oxygens (including phenoxy) is 1. The maximum absolute atomic E-state index is 12.2. The number of nitrogens with zero attached hydrogens (tertiary/aromatic N) is 2. The molecular formula is C15H11Cl2N3O6. The number of carbonyl (C=O) groups is 1. The molecule has 136 valence electrons. The van der Waals surface area contributed by atoms with Gasteiger partial charge in [-0.2, -0.15) is 0 Å². The minimum absolute atomic E-state index is 0.00637. The van der Waals surface area contributed by atoms with E-state index in [-0.39, 0.29) is 32.9 Å². The van der Waals surface area contributed by atoms with E-state index in [9.17, 15) is 25.0 Å². The van der Waals surface area contributed by atoms with Crippen molar-refractivity contribution in [2.24, 2.45) is 0 Å². The van der Waals surface area contributed by atoms with E-state index in [0.717, 1.165) is 12.1 Å². The average molecular weight is 400 g/mol. The number of non-ortho nitro benzene ring substituents is 2. The first-order valence-electron chi connectivity index (χ1n) is 7.04. The van der Waals surface area contributed by atoms with Gasteiger partial charge in [0.05, 0.1) is 25.6 Å². The molecule has 1 unspecified atom stereocenters. The van der Waals surface area contributed by atoms with Crippen molar-refractivity contribution in [2.45, 2.75) is 13.0 Å². The fourth-order valence-electron chi connectivity index (χ4n) is 1.90. The molecule has 2 rings (SSSR count). The lowest BCUT2D eigenvalue weighted by atomic mass is 10.2. The SMILES string of the molecule is CC(Oc1ccc([N+](=O)[O-])cc1Cl)C(=O)Nc1ccc([N+](=O)[O-])cc1Cl. The maximum Gasteiger partial charge on any atom is 0.271 e. The highest BCUT2D eigenvalue weighted by Gasteiger charge is 2.19. The Labute approximate surface area is 156 Å². The molecule has 0 aliphatic carbocycles. The molecule has 0 radical (unpaired) electrons. The minimum atomic E-state index is -1.01. The van der Waals surface area contributed by atoms with Gasteiger partial charge in [-0.1, -0.05) is 23.2 Å². The molecule has 1 N–H and O–H groups in total. The van der Waals surface area contributed by atoms with E-state index in [1.54, 1.807) is 0 Å². The number of carbonyl (C=O) groups excluding carboxylic acids is 1. The molecule has 2 aromatic rings. The van der Waals surface area contributed by atoms with Crippen LogP contribution in [-0.2, 0) is 4.79 Å². The molecule has 0 saturated heterocycles. The number of benzene rings is 2. The van der Waals surface area contributed by atoms with Crippen LogP contribution in [0.5, 0.6) is 5.75 Å². The molecule has 1 amide bonds. The van der Waals surface area contributed by atoms with Crippen molar-refractivity contribution in [2.75, 3.05) is 5.32 Å². The Morgan fingerprint density at radius 2 is 1.58 bits per heavy atom. The van der Waals surface area contributed by atoms with E-state index < -0.39 is 21.9 Å². The summed E-state index contributed by atoms with van der Waals surface area (Å²) in [6, 6.07) is 7.18. The Morgan fingerprint density at radius 1 is 1.04 bits per heavy atom. The normalized spacial score (nSPS) is 11.5. The number of hydrogen-bond donors (Lipinski definition) is 1. The summed E-state index contributed by atoms with van der Waals surface area (Å²) < 4.78 is 5.40. The Bertz CT molecular complexity index is 890. The summed E-state index contributed by atoms with van der Waals surface area (Å²) in [5, 5.41) is 23.8. The molecule has 9 nitrogen and oxygen atoms in total. The quantitative estimate of drug-likeness (QED) is 0.572. The molecule has 2 aromatic carbocycles. The number of nitro benzene ring substituents is 2. The van der Waals surface area contributed by atoms with Crippen LogP contribution in [0.1, 0.15) is 6.92 Å². The summed E-state index contributed by atoms with van der Waals surface area (Å²) >= 11 is 11.8. The van der Waals surface area contributed by atoms with E-state index in [0.29, 0.717) is 0 Å². The number of nitrogens with one attached hydrogen (secondary N) is 1. The van der Waals surface area contributed by atoms with Crippen molar-refractivity contribution in [3.8, 4) is 5.75 Å². The Kier molecular flexibility index (Phi) is 5.96. The first-order chi connectivity index (χ1) is 12.2. The lowest BCUT2D eigenvalue weighted by Crippen LogP contribution is -2.30. The van der Waals surface area contributed by atoms with Gasteiger partial charge in [0.1, 0.15) is 5.75 Å². The predicted octanol–water partition coefficient (Wildman–Crippen LogP) is 4.22. The van der Waals surface area contributed by atoms with Gasteiger partial charge in [0.15, 0.2) is 6.10 Å². The van der Waals surface area contributed by atoms with Gasteiger partial charge < -0.3 is 10.1 Å². The third kappa shape index (κ3) is 4.58. The van der Waals surface area contributed by atoms with E-state index in [2.05, 4.69) is 5.32 Å². The fourth-order valence-corrected chi connectivity index (χ4v) is 2.34. The number of halogens is 2. The van der Waals surface area contributed by atoms with Gasteiger partial charge in [0, 0.05) is 24.3 Å². The van der Waals surface area contributed by atoms with Crippen LogP contribution < -0.4 is 10.1 Å². The highest BCUT2D eigenvalue weighted by molar-refractivity contribution is 6.34. The molecule has 0 fully saturated rings. The molecular weight excluding hydrogens is 389 g/mol. The van der Waals surface area contributed by atoms with Crippen molar-refractivity contribution >= 4 is 46.2 Å². The first kappa shape index (κ1) is 19.4. The predicted molar refractivity (Wildman–Crippen MR) is 94.9 cm³/mol. The van der Waals surface area contributed by atoms with Crippen LogP contribution in [0.25, 0.3) is 0 Å². The third-order valence-electron chi connectivity index (χ3n) is 3.22. The zero-order chi connectivity index (χ0) is 19.4. The van der Waals surface area contributed by atoms with Gasteiger partial charge in [-0.3, -0.25) is 25.0 Å². The molecule has 0 aliphatic rings. The second-order valence-electron chi connectivity index (χ2n) is 5.04. The number of anilines is 1. The maximum atomic E-state index is 12.2. The average Bonchev–Trinajstić information content (AvgIpc) is 2.57. The second kappa shape index (κ2) is 7.98. The zero-order valence-corrected chi connectivity index (χ0v) is 14.7. The van der Waals surface area contributed by atoms with Gasteiger partial charge in [0.25, 0.3) is 17.3 Å². The van der Waals surface area contributed by atoms with Crippen LogP contribution in [0, 0.1) is 20.2 Å². The fraction of sp³-hybridized carbons (Fsp3) is 0.133. The summed E-state index contributed by atoms with van der Waals surface area (Å²) in [6.07, 6.45) is -1.01. The molecule has 0 aromatic heterocycles. The van der Waals surface area contributed by atoms with Crippen molar-refractivity contribution in [3.05, 3.63) is 66.7 Å². The summed E-state index contributed by atoms with van der Waals surface area (Å²) in [5.74, 6) is -0.495. The lowest BCUT2D eigenvalue weighted by molar-refractivity contribution is -0.385. The molecule has 0 saturated carbocycles. The number of hydrogen-bond acceptors (Lipinski definition) is 6. The van der Waals surface area contributed by atoms with Gasteiger partial charge in [-0.25, -0.2) is 0 Å². The van der Waals surface area contributed by atoms with Crippen molar-refractivity contribution in [1.29, 1.82) is 0 Å². The van der Waals surface area contributed by atoms with E-state index >= 15 is 0 Å². The Balaban J connectivity index is 2.08. The minimum Gasteiger partial charge on any atom is -0.479 e. The molecule has 0 spiro atoms. The monoisotopic (exact) mass is 399 g/mol. The highest BCUT2D eigenvalue weighted by Crippen LogP contribution is 2.30. The summed E-state index contributed by atoms with van der Waals surface area (Å²) in [7, 11) is 0. The third-order valence-corrected chi connectivity index (χ3v) is 3.83. The number of amides is 1. The molecule has 0 heterocycles. The summed E-state index contributed by atoms with van der Waals surface area (Å²) in [4.78, 5) is 32.3. The standard InChI is InChI=1S/C15H11Cl2N3O6/c1-8(26-14-5-3-10(20(24)25)7-12(14)17)15(21)18-13-4-2-9(19(22)23)6-11(13)16/h2-8H,1H3,(H,18,21). The molecule has 1 atom stereocenters. The smallest absolute Gasteiger partial charge is 0.271 e. The van der Waals surface area contributed by atoms with Crippen LogP contribution in [0.15, 0.2) is 36.4 Å². The van der Waals surface area contributed by atoms with Crippen LogP contribution >= 0.6 is 23.2 Å². The summed E-state index contributed by atoms with van der Waals surface area (Å²) in [5.41, 5.74) is -0.250. The lowest BCUT2D eigenvalue weighted by Gasteiger charge is -2.16. The van der Waals surface area contributed by atoms with Crippen LogP contribution in [0.4, 0.5) is 17.1 Å². The van der Waals surface area contributed by atoms with E-state index in [1.807, 2.05) is 0 Å². The zero-order valence-electron chi connectivity index (χ0n) is 13.1. The molecule has 0 bridgehead atoms. The number of rotatable bonds is 6. The van der Waals surface area contributed by atoms with Crippen molar-refractivity contribution in [3.63, 3.8) is 0 Å². The molecule has 11 heteroatoms. The van der Waals surface area contributed by atoms with E-state index in [1.165, 1.54) is 31.2 Å².